The van der Waals surface area contributed by atoms with Crippen LogP contribution in [0.3, 0.4) is 0 Å². The number of nitro groups is 1. The third-order valence-electron chi connectivity index (χ3n) is 4.90. The zero-order chi connectivity index (χ0) is 21.8. The number of anilines is 1. The van der Waals surface area contributed by atoms with E-state index in [0.717, 1.165) is 23.4 Å². The maximum atomic E-state index is 13.2. The van der Waals surface area contributed by atoms with Crippen LogP contribution in [0.5, 0.6) is 5.75 Å². The van der Waals surface area contributed by atoms with Crippen molar-refractivity contribution in [3.8, 4) is 5.75 Å². The minimum atomic E-state index is -0.664. The average molecular weight is 469 g/mol. The predicted molar refractivity (Wildman–Crippen MR) is 123 cm³/mol. The van der Waals surface area contributed by atoms with Gasteiger partial charge in [0, 0.05) is 13.1 Å². The van der Waals surface area contributed by atoms with E-state index >= 15 is 0 Å². The Morgan fingerprint density at radius 1 is 1.23 bits per heavy atom. The van der Waals surface area contributed by atoms with E-state index in [-0.39, 0.29) is 18.2 Å². The fourth-order valence-electron chi connectivity index (χ4n) is 3.12. The maximum Gasteiger partial charge on any atom is 0.433 e. The topological polar surface area (TPSA) is 102 Å². The van der Waals surface area contributed by atoms with Crippen LogP contribution in [0.25, 0.3) is 10.2 Å². The van der Waals surface area contributed by atoms with Crippen molar-refractivity contribution in [3.63, 3.8) is 0 Å². The zero-order valence-electron chi connectivity index (χ0n) is 17.8. The molecule has 3 rings (SSSR count). The molecule has 0 spiro atoms. The summed E-state index contributed by atoms with van der Waals surface area (Å²) in [6.45, 7) is 8.77. The van der Waals surface area contributed by atoms with Crippen molar-refractivity contribution in [2.45, 2.75) is 20.8 Å². The smallest absolute Gasteiger partial charge is 0.433 e. The Morgan fingerprint density at radius 2 is 1.94 bits per heavy atom. The molecule has 1 aromatic carbocycles. The lowest BCUT2D eigenvalue weighted by Gasteiger charge is -2.24. The third kappa shape index (κ3) is 5.15. The summed E-state index contributed by atoms with van der Waals surface area (Å²) in [5, 5.41) is 11.4. The Hall–Kier alpha value is -2.69. The minimum absolute atomic E-state index is 0. The number of thiazole rings is 1. The van der Waals surface area contributed by atoms with Crippen molar-refractivity contribution in [3.05, 3.63) is 45.7 Å². The van der Waals surface area contributed by atoms with Crippen LogP contribution in [0, 0.1) is 17.0 Å². The summed E-state index contributed by atoms with van der Waals surface area (Å²) in [6, 6.07) is 6.30. The van der Waals surface area contributed by atoms with E-state index in [1.807, 2.05) is 19.1 Å². The number of hydrogen-bond donors (Lipinski definition) is 0. The molecule has 9 nitrogen and oxygen atoms in total. The molecule has 1 amide bonds. The highest BCUT2D eigenvalue weighted by Gasteiger charge is 2.27. The van der Waals surface area contributed by atoms with Crippen LogP contribution in [0.15, 0.2) is 28.7 Å². The Labute approximate surface area is 190 Å². The van der Waals surface area contributed by atoms with Gasteiger partial charge in [-0.25, -0.2) is 4.98 Å². The van der Waals surface area contributed by atoms with Crippen molar-refractivity contribution in [2.24, 2.45) is 0 Å². The third-order valence-corrected chi connectivity index (χ3v) is 6.12. The second-order valence-electron chi connectivity index (χ2n) is 6.64. The molecule has 0 fully saturated rings. The van der Waals surface area contributed by atoms with Gasteiger partial charge in [0.1, 0.15) is 16.2 Å². The number of ether oxygens (including phenoxy) is 1. The number of carbonyl (C=O) groups excluding carboxylic acids is 1. The molecule has 2 aromatic heterocycles. The number of carbonyl (C=O) groups is 1. The summed E-state index contributed by atoms with van der Waals surface area (Å²) in [5.41, 5.74) is 1.71. The molecule has 0 atom stereocenters. The van der Waals surface area contributed by atoms with Crippen molar-refractivity contribution in [1.29, 1.82) is 0 Å². The quantitative estimate of drug-likeness (QED) is 0.336. The van der Waals surface area contributed by atoms with Gasteiger partial charge in [0.25, 0.3) is 5.91 Å². The molecular formula is C20H25ClN4O5S. The molecule has 3 aromatic rings. The normalized spacial score (nSPS) is 10.9. The number of benzene rings is 1. The summed E-state index contributed by atoms with van der Waals surface area (Å²) in [5.74, 6) is -0.401. The molecule has 31 heavy (non-hydrogen) atoms. The van der Waals surface area contributed by atoms with Gasteiger partial charge < -0.3 is 14.1 Å². The van der Waals surface area contributed by atoms with Gasteiger partial charge in [-0.2, -0.15) is 0 Å². The van der Waals surface area contributed by atoms with E-state index in [4.69, 9.17) is 9.15 Å². The first-order valence-corrected chi connectivity index (χ1v) is 10.4. The zero-order valence-corrected chi connectivity index (χ0v) is 19.4. The van der Waals surface area contributed by atoms with Crippen LogP contribution in [-0.2, 0) is 0 Å². The molecule has 0 bridgehead atoms. The Balaban J connectivity index is 0.00000341. The molecule has 0 aliphatic heterocycles. The Morgan fingerprint density at radius 3 is 2.52 bits per heavy atom. The first-order chi connectivity index (χ1) is 14.4. The standard InChI is InChI=1S/C20H24N4O5S.ClH/c1-5-22(6-2)11-12-23(19(25)15-9-10-16(29-15)24(26)27)20-21-17-14(28-4)8-7-13(3)18(17)30-20;/h7-10H,5-6,11-12H2,1-4H3;1H. The average Bonchev–Trinajstić information content (AvgIpc) is 3.39. The molecule has 0 aliphatic carbocycles. The molecular weight excluding hydrogens is 444 g/mol. The van der Waals surface area contributed by atoms with Crippen LogP contribution in [-0.4, -0.2) is 54.0 Å². The van der Waals surface area contributed by atoms with Crippen molar-refractivity contribution >= 4 is 50.9 Å². The lowest BCUT2D eigenvalue weighted by Crippen LogP contribution is -2.38. The predicted octanol–water partition coefficient (Wildman–Crippen LogP) is 4.52. The number of furan rings is 1. The van der Waals surface area contributed by atoms with Gasteiger partial charge >= 0.3 is 5.88 Å². The number of aromatic nitrogens is 1. The number of halogens is 1. The molecule has 0 saturated heterocycles. The monoisotopic (exact) mass is 468 g/mol. The van der Waals surface area contributed by atoms with Crippen molar-refractivity contribution in [2.75, 3.05) is 38.2 Å². The Kier molecular flexibility index (Phi) is 8.37. The highest BCUT2D eigenvalue weighted by atomic mass is 35.5. The maximum absolute atomic E-state index is 13.2. The number of fused-ring (bicyclic) bond motifs is 1. The summed E-state index contributed by atoms with van der Waals surface area (Å²) >= 11 is 1.38. The number of nitrogens with zero attached hydrogens (tertiary/aromatic N) is 4. The van der Waals surface area contributed by atoms with Crippen molar-refractivity contribution < 1.29 is 18.9 Å². The van der Waals surface area contributed by atoms with Crippen molar-refractivity contribution in [1.82, 2.24) is 9.88 Å². The lowest BCUT2D eigenvalue weighted by molar-refractivity contribution is -0.402. The number of methoxy groups -OCH3 is 1. The van der Waals surface area contributed by atoms with E-state index < -0.39 is 16.7 Å². The van der Waals surface area contributed by atoms with E-state index in [2.05, 4.69) is 23.7 Å². The van der Waals surface area contributed by atoms with Crippen LogP contribution >= 0.6 is 23.7 Å². The highest BCUT2D eigenvalue weighted by Crippen LogP contribution is 2.37. The van der Waals surface area contributed by atoms with E-state index in [1.54, 1.807) is 7.11 Å². The molecule has 0 saturated carbocycles. The van der Waals surface area contributed by atoms with Gasteiger partial charge in [-0.05, 0) is 37.7 Å². The van der Waals surface area contributed by atoms with Crippen LogP contribution in [0.2, 0.25) is 0 Å². The number of aryl methyl sites for hydroxylation is 1. The fourth-order valence-corrected chi connectivity index (χ4v) is 4.19. The molecule has 0 radical (unpaired) electrons. The van der Waals surface area contributed by atoms with Gasteiger partial charge in [-0.15, -0.1) is 12.4 Å². The van der Waals surface area contributed by atoms with Gasteiger partial charge in [0.05, 0.1) is 17.9 Å². The first-order valence-electron chi connectivity index (χ1n) is 9.62. The van der Waals surface area contributed by atoms with Crippen LogP contribution in [0.1, 0.15) is 30.0 Å². The summed E-state index contributed by atoms with van der Waals surface area (Å²) in [7, 11) is 1.58. The largest absolute Gasteiger partial charge is 0.494 e. The fraction of sp³-hybridized carbons (Fsp3) is 0.400. The summed E-state index contributed by atoms with van der Waals surface area (Å²) < 4.78 is 11.5. The van der Waals surface area contributed by atoms with Crippen LogP contribution < -0.4 is 9.64 Å². The lowest BCUT2D eigenvalue weighted by atomic mass is 10.2. The van der Waals surface area contributed by atoms with Gasteiger partial charge in [0.15, 0.2) is 10.9 Å². The molecule has 2 heterocycles. The van der Waals surface area contributed by atoms with Gasteiger partial charge in [-0.1, -0.05) is 31.3 Å². The SMILES string of the molecule is CCN(CC)CCN(C(=O)c1ccc([N+](=O)[O-])o1)c1nc2c(OC)ccc(C)c2s1.Cl. The number of likely N-dealkylation sites (N-methyl/N-ethyl adjacent to an activating group) is 1. The summed E-state index contributed by atoms with van der Waals surface area (Å²) in [6.07, 6.45) is 0. The Bertz CT molecular complexity index is 1060. The molecule has 0 N–H and O–H groups in total. The first kappa shape index (κ1) is 24.6. The van der Waals surface area contributed by atoms with Gasteiger partial charge in [-0.3, -0.25) is 19.8 Å². The number of rotatable bonds is 9. The molecule has 0 unspecified atom stereocenters. The van der Waals surface area contributed by atoms with Crippen LogP contribution in [0.4, 0.5) is 11.0 Å². The van der Waals surface area contributed by atoms with E-state index in [0.29, 0.717) is 29.5 Å². The number of amides is 1. The van der Waals surface area contributed by atoms with Gasteiger partial charge in [0.2, 0.25) is 0 Å². The van der Waals surface area contributed by atoms with E-state index in [1.165, 1.54) is 28.4 Å². The number of hydrogen-bond acceptors (Lipinski definition) is 8. The summed E-state index contributed by atoms with van der Waals surface area (Å²) in [4.78, 5) is 31.9. The molecule has 11 heteroatoms. The molecule has 0 aliphatic rings. The highest BCUT2D eigenvalue weighted by molar-refractivity contribution is 7.22. The second kappa shape index (κ2) is 10.6. The minimum Gasteiger partial charge on any atom is -0.494 e. The second-order valence-corrected chi connectivity index (χ2v) is 7.62. The van der Waals surface area contributed by atoms with E-state index in [9.17, 15) is 14.9 Å². The molecule has 168 valence electrons.